The number of ether oxygens (including phenoxy) is 1. The molecule has 0 saturated carbocycles. The van der Waals surface area contributed by atoms with E-state index in [0.717, 1.165) is 32.5 Å². The van der Waals surface area contributed by atoms with Crippen LogP contribution in [0.25, 0.3) is 0 Å². The van der Waals surface area contributed by atoms with Gasteiger partial charge in [-0.05, 0) is 58.5 Å². The van der Waals surface area contributed by atoms with Crippen LogP contribution in [0.4, 0.5) is 0 Å². The van der Waals surface area contributed by atoms with Gasteiger partial charge in [0.25, 0.3) is 5.91 Å². The number of nitrogens with one attached hydrogen (secondary N) is 1. The van der Waals surface area contributed by atoms with Crippen molar-refractivity contribution in [1.82, 2.24) is 5.32 Å². The van der Waals surface area contributed by atoms with E-state index in [-0.39, 0.29) is 4.91 Å². The van der Waals surface area contributed by atoms with Gasteiger partial charge in [-0.3, -0.25) is 10.1 Å². The minimum atomic E-state index is -0.586. The van der Waals surface area contributed by atoms with Crippen molar-refractivity contribution >= 4 is 57.6 Å². The number of thioether (sulfide) groups is 1. The minimum absolute atomic E-state index is 0.228. The summed E-state index contributed by atoms with van der Waals surface area (Å²) >= 11 is 3.29. The first kappa shape index (κ1) is 16.7. The maximum atomic E-state index is 11.6. The molecule has 1 aromatic rings. The van der Waals surface area contributed by atoms with Crippen LogP contribution in [0.1, 0.15) is 11.1 Å². The number of carbonyl (C=O) groups excluding carboxylic acids is 2. The summed E-state index contributed by atoms with van der Waals surface area (Å²) in [5, 5.41) is 10.8. The average Bonchev–Trinajstić information content (AvgIpc) is 2.83. The van der Waals surface area contributed by atoms with E-state index >= 15 is 0 Å². The van der Waals surface area contributed by atoms with Gasteiger partial charge in [-0.2, -0.15) is 5.10 Å². The molecule has 0 aromatic heterocycles. The standard InChI is InChI=1S/C14H12IN3O3S/c1-8-9(4-3-5-10(8)15)7-16-18-14-17-13(20)11(22-14)6-12(19)21-2/h3-7H,1-2H3,(H,17,18,20)/b11-6+,16-7?. The molecule has 0 unspecified atom stereocenters. The summed E-state index contributed by atoms with van der Waals surface area (Å²) in [7, 11) is 1.25. The van der Waals surface area contributed by atoms with Crippen LogP contribution in [0.3, 0.4) is 0 Å². The molecule has 8 heteroatoms. The molecule has 1 aliphatic heterocycles. The molecule has 0 radical (unpaired) electrons. The van der Waals surface area contributed by atoms with E-state index in [0.29, 0.717) is 5.17 Å². The summed E-state index contributed by atoms with van der Waals surface area (Å²) in [6.45, 7) is 2.00. The van der Waals surface area contributed by atoms with Gasteiger partial charge < -0.3 is 4.74 Å². The summed E-state index contributed by atoms with van der Waals surface area (Å²) in [5.74, 6) is -0.980. The summed E-state index contributed by atoms with van der Waals surface area (Å²) < 4.78 is 5.62. The second-order valence-corrected chi connectivity index (χ2v) is 6.38. The van der Waals surface area contributed by atoms with E-state index in [1.54, 1.807) is 6.21 Å². The lowest BCUT2D eigenvalue weighted by atomic mass is 10.1. The number of amidine groups is 1. The van der Waals surface area contributed by atoms with E-state index in [4.69, 9.17) is 0 Å². The largest absolute Gasteiger partial charge is 0.466 e. The number of hydrogen-bond acceptors (Lipinski definition) is 6. The Morgan fingerprint density at radius 2 is 2.23 bits per heavy atom. The molecule has 1 N–H and O–H groups in total. The van der Waals surface area contributed by atoms with Crippen LogP contribution < -0.4 is 5.32 Å². The first-order chi connectivity index (χ1) is 10.5. The number of benzene rings is 1. The number of carbonyl (C=O) groups is 2. The van der Waals surface area contributed by atoms with Crippen molar-refractivity contribution in [1.29, 1.82) is 0 Å². The number of rotatable bonds is 3. The third kappa shape index (κ3) is 4.17. The van der Waals surface area contributed by atoms with Crippen molar-refractivity contribution in [2.45, 2.75) is 6.92 Å². The summed E-state index contributed by atoms with van der Waals surface area (Å²) in [4.78, 5) is 23.0. The van der Waals surface area contributed by atoms with Crippen molar-refractivity contribution in [3.05, 3.63) is 43.9 Å². The molecule has 0 aliphatic carbocycles. The first-order valence-corrected chi connectivity index (χ1v) is 8.05. The molecule has 114 valence electrons. The second-order valence-electron chi connectivity index (χ2n) is 4.19. The van der Waals surface area contributed by atoms with Crippen LogP contribution in [0.15, 0.2) is 39.4 Å². The van der Waals surface area contributed by atoms with Gasteiger partial charge in [0, 0.05) is 9.65 Å². The summed E-state index contributed by atoms with van der Waals surface area (Å²) in [5.41, 5.74) is 2.07. The Hall–Kier alpha value is -1.68. The van der Waals surface area contributed by atoms with Crippen LogP contribution >= 0.6 is 34.4 Å². The van der Waals surface area contributed by atoms with Gasteiger partial charge in [0.15, 0.2) is 5.17 Å². The fraction of sp³-hybridized carbons (Fsp3) is 0.143. The van der Waals surface area contributed by atoms with E-state index < -0.39 is 11.9 Å². The maximum Gasteiger partial charge on any atom is 0.331 e. The summed E-state index contributed by atoms with van der Waals surface area (Å²) in [6.07, 6.45) is 2.75. The zero-order chi connectivity index (χ0) is 16.1. The molecule has 6 nitrogen and oxygen atoms in total. The van der Waals surface area contributed by atoms with Gasteiger partial charge in [-0.25, -0.2) is 4.79 Å². The number of esters is 1. The third-order valence-corrected chi connectivity index (χ3v) is 4.82. The quantitative estimate of drug-likeness (QED) is 0.263. The number of methoxy groups -OCH3 is 1. The molecular formula is C14H12IN3O3S. The molecule has 1 fully saturated rings. The summed E-state index contributed by atoms with van der Waals surface area (Å²) in [6, 6.07) is 5.88. The second kappa shape index (κ2) is 7.54. The molecule has 22 heavy (non-hydrogen) atoms. The molecule has 1 aliphatic rings. The van der Waals surface area contributed by atoms with E-state index in [9.17, 15) is 9.59 Å². The number of hydrogen-bond donors (Lipinski definition) is 1. The van der Waals surface area contributed by atoms with E-state index in [1.807, 2.05) is 25.1 Å². The highest BCUT2D eigenvalue weighted by Crippen LogP contribution is 2.23. The Balaban J connectivity index is 2.10. The normalized spacial score (nSPS) is 18.2. The van der Waals surface area contributed by atoms with Gasteiger partial charge in [0.05, 0.1) is 18.2 Å². The SMILES string of the molecule is COC(=O)/C=C1/S/C(=N\N=Cc2cccc(I)c2C)NC1=O. The Bertz CT molecular complexity index is 713. The van der Waals surface area contributed by atoms with Gasteiger partial charge in [0.1, 0.15) is 0 Å². The van der Waals surface area contributed by atoms with Gasteiger partial charge in [-0.1, -0.05) is 12.1 Å². The Morgan fingerprint density at radius 3 is 2.95 bits per heavy atom. The molecule has 2 rings (SSSR count). The van der Waals surface area contributed by atoms with Crippen LogP contribution in [-0.4, -0.2) is 30.4 Å². The molecule has 1 aromatic carbocycles. The Labute approximate surface area is 145 Å². The molecular weight excluding hydrogens is 417 g/mol. The van der Waals surface area contributed by atoms with Crippen LogP contribution in [0.2, 0.25) is 0 Å². The third-order valence-electron chi connectivity index (χ3n) is 2.76. The molecule has 1 heterocycles. The zero-order valence-corrected chi connectivity index (χ0v) is 14.8. The zero-order valence-electron chi connectivity index (χ0n) is 11.8. The van der Waals surface area contributed by atoms with Crippen molar-refractivity contribution < 1.29 is 14.3 Å². The fourth-order valence-electron chi connectivity index (χ4n) is 1.55. The monoisotopic (exact) mass is 429 g/mol. The molecule has 1 saturated heterocycles. The highest BCUT2D eigenvalue weighted by atomic mass is 127. The van der Waals surface area contributed by atoms with Gasteiger partial charge in [-0.15, -0.1) is 5.10 Å². The molecule has 1 amide bonds. The Kier molecular flexibility index (Phi) is 5.72. The lowest BCUT2D eigenvalue weighted by Gasteiger charge is -2.00. The van der Waals surface area contributed by atoms with Crippen LogP contribution in [-0.2, 0) is 14.3 Å². The van der Waals surface area contributed by atoms with Gasteiger partial charge >= 0.3 is 5.97 Å². The fourth-order valence-corrected chi connectivity index (χ4v) is 2.81. The number of nitrogens with zero attached hydrogens (tertiary/aromatic N) is 2. The topological polar surface area (TPSA) is 80.1 Å². The highest BCUT2D eigenvalue weighted by Gasteiger charge is 2.24. The first-order valence-electron chi connectivity index (χ1n) is 6.16. The van der Waals surface area contributed by atoms with Crippen molar-refractivity contribution in [3.8, 4) is 0 Å². The number of amides is 1. The molecule has 0 atom stereocenters. The average molecular weight is 429 g/mol. The molecule has 0 spiro atoms. The lowest BCUT2D eigenvalue weighted by Crippen LogP contribution is -2.19. The predicted molar refractivity (Wildman–Crippen MR) is 94.8 cm³/mol. The van der Waals surface area contributed by atoms with Crippen molar-refractivity contribution in [2.24, 2.45) is 10.2 Å². The maximum absolute atomic E-state index is 11.6. The smallest absolute Gasteiger partial charge is 0.331 e. The lowest BCUT2D eigenvalue weighted by molar-refractivity contribution is -0.135. The predicted octanol–water partition coefficient (Wildman–Crippen LogP) is 2.21. The van der Waals surface area contributed by atoms with E-state index in [2.05, 4.69) is 42.8 Å². The van der Waals surface area contributed by atoms with Crippen LogP contribution in [0, 0.1) is 10.5 Å². The van der Waals surface area contributed by atoms with Crippen LogP contribution in [0.5, 0.6) is 0 Å². The molecule has 0 bridgehead atoms. The highest BCUT2D eigenvalue weighted by molar-refractivity contribution is 14.1. The van der Waals surface area contributed by atoms with E-state index in [1.165, 1.54) is 7.11 Å². The van der Waals surface area contributed by atoms with Gasteiger partial charge in [0.2, 0.25) is 0 Å². The van der Waals surface area contributed by atoms with Crippen molar-refractivity contribution in [2.75, 3.05) is 7.11 Å². The van der Waals surface area contributed by atoms with Crippen molar-refractivity contribution in [3.63, 3.8) is 0 Å². The minimum Gasteiger partial charge on any atom is -0.466 e. The number of halogens is 1. The Morgan fingerprint density at radius 1 is 1.45 bits per heavy atom.